The van der Waals surface area contributed by atoms with Crippen LogP contribution in [0.2, 0.25) is 5.02 Å². The van der Waals surface area contributed by atoms with Gasteiger partial charge in [0, 0.05) is 51.0 Å². The molecule has 0 aliphatic carbocycles. The Balaban J connectivity index is 1.35. The molecule has 0 radical (unpaired) electrons. The van der Waals surface area contributed by atoms with E-state index in [-0.39, 0.29) is 12.5 Å². The maximum atomic E-state index is 12.9. The maximum Gasteiger partial charge on any atom is 0.253 e. The van der Waals surface area contributed by atoms with E-state index in [1.807, 2.05) is 0 Å². The predicted molar refractivity (Wildman–Crippen MR) is 118 cm³/mol. The number of anilines is 1. The van der Waals surface area contributed by atoms with Gasteiger partial charge in [0.2, 0.25) is 0 Å². The largest absolute Gasteiger partial charge is 0.397 e. The number of aliphatic hydroxyl groups is 1. The third-order valence-electron chi connectivity index (χ3n) is 6.35. The number of likely N-dealkylation sites (tertiary alicyclic amines) is 1. The fourth-order valence-electron chi connectivity index (χ4n) is 4.37. The van der Waals surface area contributed by atoms with E-state index in [9.17, 15) is 9.90 Å². The third-order valence-corrected chi connectivity index (χ3v) is 6.66. The Bertz CT molecular complexity index is 909. The number of hydrogen-bond acceptors (Lipinski definition) is 6. The predicted octanol–water partition coefficient (Wildman–Crippen LogP) is 2.45. The molecule has 0 atom stereocenters. The molecule has 162 valence electrons. The number of nitrogen functional groups attached to an aromatic ring is 1. The van der Waals surface area contributed by atoms with Crippen molar-refractivity contribution in [3.8, 4) is 0 Å². The second kappa shape index (κ2) is 9.06. The molecule has 0 bridgehead atoms. The first kappa shape index (κ1) is 21.3. The number of halogens is 1. The quantitative estimate of drug-likeness (QED) is 0.627. The standard InChI is InChI=1S/C22H29ClN4O3/c23-18-12-17(20-16(19(18)24)2-1-7-25-20)21(28)26-14-22(29)5-8-27(9-6-22)13-15-3-10-30-11-4-15/h1-2,7,12,15,29H,3-6,8-11,13-14,24H2,(H,26,28). The minimum Gasteiger partial charge on any atom is -0.397 e. The van der Waals surface area contributed by atoms with Crippen molar-refractivity contribution in [2.24, 2.45) is 5.92 Å². The number of nitrogens with one attached hydrogen (secondary N) is 1. The second-order valence-electron chi connectivity index (χ2n) is 8.48. The lowest BCUT2D eigenvalue weighted by atomic mass is 9.90. The molecule has 2 saturated heterocycles. The van der Waals surface area contributed by atoms with Crippen LogP contribution in [0.3, 0.4) is 0 Å². The van der Waals surface area contributed by atoms with Crippen LogP contribution in [-0.4, -0.2) is 65.9 Å². The molecular weight excluding hydrogens is 404 g/mol. The zero-order valence-corrected chi connectivity index (χ0v) is 17.8. The van der Waals surface area contributed by atoms with Gasteiger partial charge in [-0.1, -0.05) is 11.6 Å². The lowest BCUT2D eigenvalue weighted by Crippen LogP contribution is -2.51. The number of hydrogen-bond donors (Lipinski definition) is 3. The summed E-state index contributed by atoms with van der Waals surface area (Å²) in [4.78, 5) is 19.6. The van der Waals surface area contributed by atoms with Crippen LogP contribution in [0.1, 0.15) is 36.0 Å². The molecule has 2 aromatic rings. The van der Waals surface area contributed by atoms with Crippen molar-refractivity contribution in [2.75, 3.05) is 45.1 Å². The van der Waals surface area contributed by atoms with Gasteiger partial charge < -0.3 is 25.8 Å². The summed E-state index contributed by atoms with van der Waals surface area (Å²) < 4.78 is 5.44. The lowest BCUT2D eigenvalue weighted by molar-refractivity contribution is -0.0272. The lowest BCUT2D eigenvalue weighted by Gasteiger charge is -2.40. The molecule has 2 aliphatic rings. The van der Waals surface area contributed by atoms with E-state index in [1.54, 1.807) is 24.4 Å². The number of fused-ring (bicyclic) bond motifs is 1. The van der Waals surface area contributed by atoms with Gasteiger partial charge in [0.25, 0.3) is 5.91 Å². The van der Waals surface area contributed by atoms with E-state index in [4.69, 9.17) is 22.1 Å². The normalized spacial score (nSPS) is 20.3. The van der Waals surface area contributed by atoms with Gasteiger partial charge in [0.15, 0.2) is 0 Å². The van der Waals surface area contributed by atoms with Gasteiger partial charge in [-0.25, -0.2) is 0 Å². The molecule has 7 nitrogen and oxygen atoms in total. The highest BCUT2D eigenvalue weighted by Gasteiger charge is 2.33. The van der Waals surface area contributed by atoms with Crippen molar-refractivity contribution in [3.63, 3.8) is 0 Å². The maximum absolute atomic E-state index is 12.9. The van der Waals surface area contributed by atoms with E-state index in [0.29, 0.717) is 45.9 Å². The summed E-state index contributed by atoms with van der Waals surface area (Å²) in [6.45, 7) is 4.64. The minimum atomic E-state index is -0.900. The van der Waals surface area contributed by atoms with Gasteiger partial charge in [-0.15, -0.1) is 0 Å². The molecule has 8 heteroatoms. The highest BCUT2D eigenvalue weighted by Crippen LogP contribution is 2.30. The Morgan fingerprint density at radius 2 is 2.10 bits per heavy atom. The van der Waals surface area contributed by atoms with E-state index in [0.717, 1.165) is 45.7 Å². The number of nitrogens with zero attached hydrogens (tertiary/aromatic N) is 2. The highest BCUT2D eigenvalue weighted by molar-refractivity contribution is 6.35. The number of benzene rings is 1. The fraction of sp³-hybridized carbons (Fsp3) is 0.545. The van der Waals surface area contributed by atoms with Crippen molar-refractivity contribution in [1.82, 2.24) is 15.2 Å². The summed E-state index contributed by atoms with van der Waals surface area (Å²) in [6, 6.07) is 5.09. The topological polar surface area (TPSA) is 101 Å². The van der Waals surface area contributed by atoms with Crippen LogP contribution in [0.25, 0.3) is 10.9 Å². The van der Waals surface area contributed by atoms with Crippen molar-refractivity contribution in [2.45, 2.75) is 31.3 Å². The number of pyridine rings is 1. The van der Waals surface area contributed by atoms with Gasteiger partial charge in [-0.05, 0) is 49.8 Å². The van der Waals surface area contributed by atoms with E-state index < -0.39 is 5.60 Å². The summed E-state index contributed by atoms with van der Waals surface area (Å²) in [5.74, 6) is 0.374. The Morgan fingerprint density at radius 1 is 1.37 bits per heavy atom. The molecule has 0 saturated carbocycles. The monoisotopic (exact) mass is 432 g/mol. The van der Waals surface area contributed by atoms with Crippen molar-refractivity contribution in [3.05, 3.63) is 35.0 Å². The molecule has 2 aliphatic heterocycles. The SMILES string of the molecule is Nc1c(Cl)cc(C(=O)NCC2(O)CCN(CC3CCOCC3)CC2)c2ncccc12. The molecule has 1 aromatic heterocycles. The number of piperidine rings is 1. The number of carbonyl (C=O) groups excluding carboxylic acids is 1. The smallest absolute Gasteiger partial charge is 0.253 e. The molecule has 2 fully saturated rings. The number of nitrogens with two attached hydrogens (primary N) is 1. The van der Waals surface area contributed by atoms with Gasteiger partial charge in [-0.3, -0.25) is 9.78 Å². The van der Waals surface area contributed by atoms with E-state index in [1.165, 1.54) is 0 Å². The average Bonchev–Trinajstić information content (AvgIpc) is 2.77. The molecule has 30 heavy (non-hydrogen) atoms. The average molecular weight is 433 g/mol. The molecule has 3 heterocycles. The highest BCUT2D eigenvalue weighted by atomic mass is 35.5. The van der Waals surface area contributed by atoms with Crippen molar-refractivity contribution >= 4 is 34.1 Å². The first-order valence-electron chi connectivity index (χ1n) is 10.6. The number of rotatable bonds is 5. The van der Waals surface area contributed by atoms with Gasteiger partial charge in [-0.2, -0.15) is 0 Å². The van der Waals surface area contributed by atoms with Crippen LogP contribution < -0.4 is 11.1 Å². The zero-order chi connectivity index (χ0) is 21.1. The van der Waals surface area contributed by atoms with E-state index in [2.05, 4.69) is 15.2 Å². The van der Waals surface area contributed by atoms with Crippen LogP contribution in [-0.2, 0) is 4.74 Å². The summed E-state index contributed by atoms with van der Waals surface area (Å²) in [6.07, 6.45) is 5.12. The molecule has 0 unspecified atom stereocenters. The Labute approximate surface area is 181 Å². The summed E-state index contributed by atoms with van der Waals surface area (Å²) in [5, 5.41) is 14.8. The van der Waals surface area contributed by atoms with E-state index >= 15 is 0 Å². The van der Waals surface area contributed by atoms with Crippen LogP contribution in [0.4, 0.5) is 5.69 Å². The Hall–Kier alpha value is -1.93. The van der Waals surface area contributed by atoms with Crippen LogP contribution in [0.5, 0.6) is 0 Å². The van der Waals surface area contributed by atoms with Crippen LogP contribution in [0, 0.1) is 5.92 Å². The molecule has 1 aromatic carbocycles. The fourth-order valence-corrected chi connectivity index (χ4v) is 4.59. The molecule has 0 spiro atoms. The molecule has 4 N–H and O–H groups in total. The molecule has 1 amide bonds. The van der Waals surface area contributed by atoms with Gasteiger partial charge in [0.05, 0.1) is 27.4 Å². The second-order valence-corrected chi connectivity index (χ2v) is 8.89. The summed E-state index contributed by atoms with van der Waals surface area (Å²) in [7, 11) is 0. The molecule has 4 rings (SSSR count). The summed E-state index contributed by atoms with van der Waals surface area (Å²) in [5.41, 5.74) is 6.41. The number of aromatic nitrogens is 1. The van der Waals surface area contributed by atoms with Crippen LogP contribution in [0.15, 0.2) is 24.4 Å². The van der Waals surface area contributed by atoms with Crippen LogP contribution >= 0.6 is 11.6 Å². The first-order chi connectivity index (χ1) is 14.5. The number of amides is 1. The zero-order valence-electron chi connectivity index (χ0n) is 17.1. The minimum absolute atomic E-state index is 0.202. The van der Waals surface area contributed by atoms with Crippen molar-refractivity contribution in [1.29, 1.82) is 0 Å². The van der Waals surface area contributed by atoms with Crippen molar-refractivity contribution < 1.29 is 14.6 Å². The Kier molecular flexibility index (Phi) is 6.43. The number of carbonyl (C=O) groups is 1. The molecular formula is C22H29ClN4O3. The van der Waals surface area contributed by atoms with Gasteiger partial charge >= 0.3 is 0 Å². The van der Waals surface area contributed by atoms with Gasteiger partial charge in [0.1, 0.15) is 0 Å². The first-order valence-corrected chi connectivity index (χ1v) is 11.0. The summed E-state index contributed by atoms with van der Waals surface area (Å²) >= 11 is 6.21. The Morgan fingerprint density at radius 3 is 2.83 bits per heavy atom. The third kappa shape index (κ3) is 4.70. The number of ether oxygens (including phenoxy) is 1.